The van der Waals surface area contributed by atoms with Gasteiger partial charge in [-0.15, -0.1) is 11.3 Å². The Kier molecular flexibility index (Phi) is 3.62. The first-order valence-electron chi connectivity index (χ1n) is 5.46. The summed E-state index contributed by atoms with van der Waals surface area (Å²) in [6.45, 7) is 1.52. The molecule has 0 N–H and O–H groups in total. The Bertz CT molecular complexity index is 566. The second-order valence-electron chi connectivity index (χ2n) is 3.80. The molecule has 5 heteroatoms. The number of nitrogens with zero attached hydrogens (tertiary/aromatic N) is 2. The van der Waals surface area contributed by atoms with E-state index in [0.29, 0.717) is 5.69 Å². The summed E-state index contributed by atoms with van der Waals surface area (Å²) in [7, 11) is 3.54. The highest BCUT2D eigenvalue weighted by atomic mass is 32.1. The van der Waals surface area contributed by atoms with Gasteiger partial charge in [-0.05, 0) is 12.1 Å². The number of para-hydroxylation sites is 2. The third-order valence-electron chi connectivity index (χ3n) is 2.59. The largest absolute Gasteiger partial charge is 0.495 e. The first-order chi connectivity index (χ1) is 8.63. The van der Waals surface area contributed by atoms with Gasteiger partial charge in [-0.3, -0.25) is 4.79 Å². The molecule has 0 aliphatic carbocycles. The van der Waals surface area contributed by atoms with Crippen molar-refractivity contribution in [3.63, 3.8) is 0 Å². The molecular formula is C13H14N2O2S. The molecule has 4 nitrogen and oxygen atoms in total. The summed E-state index contributed by atoms with van der Waals surface area (Å²) in [6.07, 6.45) is 0. The van der Waals surface area contributed by atoms with Crippen molar-refractivity contribution in [1.82, 2.24) is 4.98 Å². The number of aromatic nitrogens is 1. The SMILES string of the molecule is COc1ccccc1N(C)c1nc(C(C)=O)cs1. The molecule has 18 heavy (non-hydrogen) atoms. The minimum Gasteiger partial charge on any atom is -0.495 e. The number of anilines is 2. The van der Waals surface area contributed by atoms with Gasteiger partial charge in [0.05, 0.1) is 12.8 Å². The van der Waals surface area contributed by atoms with Crippen LogP contribution in [0.1, 0.15) is 17.4 Å². The van der Waals surface area contributed by atoms with E-state index in [4.69, 9.17) is 4.74 Å². The summed E-state index contributed by atoms with van der Waals surface area (Å²) in [4.78, 5) is 17.5. The van der Waals surface area contributed by atoms with Crippen LogP contribution in [0.25, 0.3) is 0 Å². The molecule has 0 saturated heterocycles. The third-order valence-corrected chi connectivity index (χ3v) is 3.50. The maximum absolute atomic E-state index is 11.2. The van der Waals surface area contributed by atoms with E-state index in [0.717, 1.165) is 16.6 Å². The third kappa shape index (κ3) is 2.36. The first-order valence-corrected chi connectivity index (χ1v) is 6.34. The fourth-order valence-electron chi connectivity index (χ4n) is 1.59. The predicted octanol–water partition coefficient (Wildman–Crippen LogP) is 3.12. The molecule has 0 spiro atoms. The lowest BCUT2D eigenvalue weighted by Gasteiger charge is -2.18. The second kappa shape index (κ2) is 5.18. The van der Waals surface area contributed by atoms with E-state index >= 15 is 0 Å². The second-order valence-corrected chi connectivity index (χ2v) is 4.64. The molecule has 0 fully saturated rings. The van der Waals surface area contributed by atoms with E-state index < -0.39 is 0 Å². The monoisotopic (exact) mass is 262 g/mol. The minimum absolute atomic E-state index is 0.0223. The minimum atomic E-state index is -0.0223. The molecule has 1 aromatic heterocycles. The van der Waals surface area contributed by atoms with Crippen molar-refractivity contribution < 1.29 is 9.53 Å². The lowest BCUT2D eigenvalue weighted by atomic mass is 10.3. The van der Waals surface area contributed by atoms with Gasteiger partial charge in [-0.1, -0.05) is 12.1 Å². The van der Waals surface area contributed by atoms with Gasteiger partial charge in [-0.2, -0.15) is 0 Å². The van der Waals surface area contributed by atoms with E-state index in [2.05, 4.69) is 4.98 Å². The van der Waals surface area contributed by atoms with Gasteiger partial charge in [-0.25, -0.2) is 4.98 Å². The maximum atomic E-state index is 11.2. The maximum Gasteiger partial charge on any atom is 0.190 e. The number of hydrogen-bond donors (Lipinski definition) is 0. The van der Waals surface area contributed by atoms with Gasteiger partial charge in [0.1, 0.15) is 11.4 Å². The summed E-state index contributed by atoms with van der Waals surface area (Å²) >= 11 is 1.44. The van der Waals surface area contributed by atoms with Crippen molar-refractivity contribution in [3.05, 3.63) is 35.3 Å². The number of ketones is 1. The Hall–Kier alpha value is -1.88. The van der Waals surface area contributed by atoms with Gasteiger partial charge in [0.25, 0.3) is 0 Å². The van der Waals surface area contributed by atoms with Gasteiger partial charge in [0.2, 0.25) is 0 Å². The van der Waals surface area contributed by atoms with Crippen LogP contribution in [0.4, 0.5) is 10.8 Å². The number of methoxy groups -OCH3 is 1. The van der Waals surface area contributed by atoms with Gasteiger partial charge >= 0.3 is 0 Å². The average Bonchev–Trinajstić information content (AvgIpc) is 2.87. The van der Waals surface area contributed by atoms with E-state index in [1.165, 1.54) is 18.3 Å². The Balaban J connectivity index is 2.35. The number of Topliss-reactive ketones (excluding diaryl/α,β-unsaturated/α-hetero) is 1. The van der Waals surface area contributed by atoms with E-state index in [1.807, 2.05) is 36.2 Å². The number of carbonyl (C=O) groups excluding carboxylic acids is 1. The van der Waals surface area contributed by atoms with Gasteiger partial charge < -0.3 is 9.64 Å². The number of benzene rings is 1. The molecule has 2 aromatic rings. The highest BCUT2D eigenvalue weighted by molar-refractivity contribution is 7.14. The fraction of sp³-hybridized carbons (Fsp3) is 0.231. The highest BCUT2D eigenvalue weighted by Crippen LogP contribution is 2.33. The number of rotatable bonds is 4. The molecule has 0 unspecified atom stereocenters. The van der Waals surface area contributed by atoms with Crippen LogP contribution in [0.2, 0.25) is 0 Å². The molecule has 0 aliphatic rings. The highest BCUT2D eigenvalue weighted by Gasteiger charge is 2.14. The van der Waals surface area contributed by atoms with Crippen LogP contribution >= 0.6 is 11.3 Å². The topological polar surface area (TPSA) is 42.4 Å². The Morgan fingerprint density at radius 2 is 2.11 bits per heavy atom. The van der Waals surface area contributed by atoms with Crippen LogP contribution in [-0.4, -0.2) is 24.9 Å². The van der Waals surface area contributed by atoms with Crippen LogP contribution in [0.3, 0.4) is 0 Å². The van der Waals surface area contributed by atoms with Crippen molar-refractivity contribution >= 4 is 27.9 Å². The lowest BCUT2D eigenvalue weighted by Crippen LogP contribution is -2.10. The van der Waals surface area contributed by atoms with Crippen molar-refractivity contribution in [2.75, 3.05) is 19.1 Å². The Labute approximate surface area is 110 Å². The number of carbonyl (C=O) groups is 1. The molecule has 0 atom stereocenters. The summed E-state index contributed by atoms with van der Waals surface area (Å²) in [6, 6.07) is 7.70. The Morgan fingerprint density at radius 1 is 1.39 bits per heavy atom. The van der Waals surface area contributed by atoms with Crippen LogP contribution < -0.4 is 9.64 Å². The zero-order valence-electron chi connectivity index (χ0n) is 10.5. The molecule has 0 saturated carbocycles. The molecule has 1 aromatic carbocycles. The smallest absolute Gasteiger partial charge is 0.190 e. The Morgan fingerprint density at radius 3 is 2.72 bits per heavy atom. The number of hydrogen-bond acceptors (Lipinski definition) is 5. The van der Waals surface area contributed by atoms with Crippen molar-refractivity contribution in [2.45, 2.75) is 6.92 Å². The van der Waals surface area contributed by atoms with E-state index in [1.54, 1.807) is 12.5 Å². The molecule has 0 amide bonds. The molecule has 2 rings (SSSR count). The molecule has 1 heterocycles. The zero-order valence-corrected chi connectivity index (χ0v) is 11.3. The number of thiazole rings is 1. The van der Waals surface area contributed by atoms with Crippen LogP contribution in [0.15, 0.2) is 29.6 Å². The van der Waals surface area contributed by atoms with Crippen molar-refractivity contribution in [3.8, 4) is 5.75 Å². The summed E-state index contributed by atoms with van der Waals surface area (Å²) in [5.41, 5.74) is 1.42. The average molecular weight is 262 g/mol. The van der Waals surface area contributed by atoms with Crippen molar-refractivity contribution in [1.29, 1.82) is 0 Å². The van der Waals surface area contributed by atoms with Gasteiger partial charge in [0, 0.05) is 19.4 Å². The lowest BCUT2D eigenvalue weighted by molar-refractivity contribution is 0.101. The zero-order chi connectivity index (χ0) is 13.1. The molecular weight excluding hydrogens is 248 g/mol. The fourth-order valence-corrected chi connectivity index (χ4v) is 2.43. The quantitative estimate of drug-likeness (QED) is 0.794. The predicted molar refractivity (Wildman–Crippen MR) is 73.2 cm³/mol. The summed E-state index contributed by atoms with van der Waals surface area (Å²) < 4.78 is 5.31. The number of ether oxygens (including phenoxy) is 1. The summed E-state index contributed by atoms with van der Waals surface area (Å²) in [5, 5.41) is 2.54. The first kappa shape index (κ1) is 12.6. The summed E-state index contributed by atoms with van der Waals surface area (Å²) in [5.74, 6) is 0.755. The van der Waals surface area contributed by atoms with Crippen molar-refractivity contribution in [2.24, 2.45) is 0 Å². The van der Waals surface area contributed by atoms with Crippen LogP contribution in [0, 0.1) is 0 Å². The molecule has 0 radical (unpaired) electrons. The molecule has 0 aliphatic heterocycles. The normalized spacial score (nSPS) is 10.2. The molecule has 94 valence electrons. The van der Waals surface area contributed by atoms with E-state index in [9.17, 15) is 4.79 Å². The van der Waals surface area contributed by atoms with Crippen LogP contribution in [-0.2, 0) is 0 Å². The van der Waals surface area contributed by atoms with Crippen LogP contribution in [0.5, 0.6) is 5.75 Å². The van der Waals surface area contributed by atoms with Gasteiger partial charge in [0.15, 0.2) is 10.9 Å². The standard InChI is InChI=1S/C13H14N2O2S/c1-9(16)10-8-18-13(14-10)15(2)11-6-4-5-7-12(11)17-3/h4-8H,1-3H3. The van der Waals surface area contributed by atoms with E-state index in [-0.39, 0.29) is 5.78 Å². The molecule has 0 bridgehead atoms.